The lowest BCUT2D eigenvalue weighted by Gasteiger charge is -2.18. The number of anilines is 2. The zero-order valence-electron chi connectivity index (χ0n) is 10.3. The second kappa shape index (κ2) is 5.70. The Morgan fingerprint density at radius 2 is 1.94 bits per heavy atom. The van der Waals surface area contributed by atoms with Crippen molar-refractivity contribution in [2.75, 3.05) is 18.2 Å². The Hall–Kier alpha value is -1.52. The topological polar surface area (TPSA) is 73.1 Å². The van der Waals surface area contributed by atoms with Crippen molar-refractivity contribution in [3.8, 4) is 5.88 Å². The van der Waals surface area contributed by atoms with Crippen LogP contribution in [-0.4, -0.2) is 23.1 Å². The summed E-state index contributed by atoms with van der Waals surface area (Å²) in [7, 11) is 1.56. The molecule has 3 N–H and O–H groups in total. The summed E-state index contributed by atoms with van der Waals surface area (Å²) in [6, 6.07) is 0.472. The van der Waals surface area contributed by atoms with Gasteiger partial charge in [0.05, 0.1) is 7.11 Å². The van der Waals surface area contributed by atoms with Crippen LogP contribution in [0.5, 0.6) is 5.88 Å². The van der Waals surface area contributed by atoms with Crippen LogP contribution in [-0.2, 0) is 0 Å². The first-order chi connectivity index (χ1) is 8.31. The number of nitrogens with two attached hydrogens (primary N) is 1. The molecule has 94 valence electrons. The molecule has 0 saturated heterocycles. The molecule has 5 heteroatoms. The zero-order chi connectivity index (χ0) is 12.1. The van der Waals surface area contributed by atoms with Gasteiger partial charge in [-0.1, -0.05) is 25.7 Å². The molecule has 5 nitrogen and oxygen atoms in total. The molecule has 1 saturated carbocycles. The van der Waals surface area contributed by atoms with Crippen LogP contribution in [0.4, 0.5) is 11.5 Å². The standard InChI is InChI=1S/C12H20N4O/c1-17-12-10(13)11(14-8-15-12)16-9-6-4-2-3-5-7-9/h8-9H,2-7,13H2,1H3,(H,14,15,16). The second-order valence-electron chi connectivity index (χ2n) is 4.48. The van der Waals surface area contributed by atoms with E-state index < -0.39 is 0 Å². The van der Waals surface area contributed by atoms with Crippen molar-refractivity contribution in [3.05, 3.63) is 6.33 Å². The summed E-state index contributed by atoms with van der Waals surface area (Å²) in [5, 5.41) is 3.41. The van der Waals surface area contributed by atoms with Crippen molar-refractivity contribution >= 4 is 11.5 Å². The molecule has 17 heavy (non-hydrogen) atoms. The molecule has 0 unspecified atom stereocenters. The summed E-state index contributed by atoms with van der Waals surface area (Å²) in [4.78, 5) is 8.16. The van der Waals surface area contributed by atoms with E-state index in [1.54, 1.807) is 7.11 Å². The van der Waals surface area contributed by atoms with Gasteiger partial charge in [0.25, 0.3) is 0 Å². The highest BCUT2D eigenvalue weighted by Crippen LogP contribution is 2.27. The number of ether oxygens (including phenoxy) is 1. The number of hydrogen-bond acceptors (Lipinski definition) is 5. The first-order valence-electron chi connectivity index (χ1n) is 6.22. The van der Waals surface area contributed by atoms with Gasteiger partial charge >= 0.3 is 0 Å². The fraction of sp³-hybridized carbons (Fsp3) is 0.667. The number of nitrogens with one attached hydrogen (secondary N) is 1. The summed E-state index contributed by atoms with van der Waals surface area (Å²) in [6.45, 7) is 0. The minimum atomic E-state index is 0.441. The predicted octanol–water partition coefficient (Wildman–Crippen LogP) is 2.20. The van der Waals surface area contributed by atoms with Crippen molar-refractivity contribution in [2.45, 2.75) is 44.6 Å². The first-order valence-corrected chi connectivity index (χ1v) is 6.22. The molecule has 0 bridgehead atoms. The van der Waals surface area contributed by atoms with Crippen LogP contribution in [0.2, 0.25) is 0 Å². The third kappa shape index (κ3) is 2.99. The lowest BCUT2D eigenvalue weighted by molar-refractivity contribution is 0.399. The maximum Gasteiger partial charge on any atom is 0.242 e. The fourth-order valence-corrected chi connectivity index (χ4v) is 2.27. The van der Waals surface area contributed by atoms with Crippen molar-refractivity contribution in [1.29, 1.82) is 0 Å². The van der Waals surface area contributed by atoms with E-state index in [-0.39, 0.29) is 0 Å². The van der Waals surface area contributed by atoms with Crippen LogP contribution < -0.4 is 15.8 Å². The fourth-order valence-electron chi connectivity index (χ4n) is 2.27. The predicted molar refractivity (Wildman–Crippen MR) is 68.1 cm³/mol. The average Bonchev–Trinajstić information content (AvgIpc) is 2.60. The largest absolute Gasteiger partial charge is 0.479 e. The minimum absolute atomic E-state index is 0.441. The highest BCUT2D eigenvalue weighted by Gasteiger charge is 2.15. The molecule has 0 amide bonds. The number of methoxy groups -OCH3 is 1. The monoisotopic (exact) mass is 236 g/mol. The zero-order valence-corrected chi connectivity index (χ0v) is 10.3. The van der Waals surface area contributed by atoms with E-state index in [1.165, 1.54) is 44.9 Å². The van der Waals surface area contributed by atoms with Gasteiger partial charge in [-0.25, -0.2) is 4.98 Å². The maximum atomic E-state index is 5.94. The van der Waals surface area contributed by atoms with Gasteiger partial charge in [0, 0.05) is 6.04 Å². The van der Waals surface area contributed by atoms with E-state index in [2.05, 4.69) is 15.3 Å². The Labute approximate surface area is 102 Å². The molecule has 0 atom stereocenters. The number of hydrogen-bond donors (Lipinski definition) is 2. The van der Waals surface area contributed by atoms with Gasteiger partial charge in [0.2, 0.25) is 5.88 Å². The molecule has 1 aromatic heterocycles. The van der Waals surface area contributed by atoms with Crippen molar-refractivity contribution < 1.29 is 4.74 Å². The van der Waals surface area contributed by atoms with Gasteiger partial charge in [-0.3, -0.25) is 0 Å². The highest BCUT2D eigenvalue weighted by atomic mass is 16.5. The SMILES string of the molecule is COc1ncnc(NC2CCCCCC2)c1N. The summed E-state index contributed by atoms with van der Waals surface area (Å²) in [6.07, 6.45) is 9.08. The van der Waals surface area contributed by atoms with Crippen molar-refractivity contribution in [2.24, 2.45) is 0 Å². The van der Waals surface area contributed by atoms with Gasteiger partial charge in [-0.2, -0.15) is 4.98 Å². The van der Waals surface area contributed by atoms with Crippen LogP contribution in [0, 0.1) is 0 Å². The van der Waals surface area contributed by atoms with Crippen LogP contribution in [0.3, 0.4) is 0 Å². The molecule has 0 radical (unpaired) electrons. The van der Waals surface area contributed by atoms with E-state index in [0.717, 1.165) is 0 Å². The lowest BCUT2D eigenvalue weighted by atomic mass is 10.1. The van der Waals surface area contributed by atoms with E-state index in [0.29, 0.717) is 23.4 Å². The number of aromatic nitrogens is 2. The van der Waals surface area contributed by atoms with E-state index in [9.17, 15) is 0 Å². The van der Waals surface area contributed by atoms with Crippen molar-refractivity contribution in [3.63, 3.8) is 0 Å². The second-order valence-corrected chi connectivity index (χ2v) is 4.48. The molecule has 0 aliphatic heterocycles. The summed E-state index contributed by atoms with van der Waals surface area (Å²) in [5.41, 5.74) is 6.44. The molecule has 2 rings (SSSR count). The molecular weight excluding hydrogens is 216 g/mol. The number of nitrogens with zero attached hydrogens (tertiary/aromatic N) is 2. The molecule has 1 heterocycles. The van der Waals surface area contributed by atoms with E-state index >= 15 is 0 Å². The van der Waals surface area contributed by atoms with Gasteiger partial charge in [0.15, 0.2) is 5.82 Å². The van der Waals surface area contributed by atoms with E-state index in [4.69, 9.17) is 10.5 Å². The van der Waals surface area contributed by atoms with Gasteiger partial charge in [0.1, 0.15) is 12.0 Å². The van der Waals surface area contributed by atoms with Crippen LogP contribution >= 0.6 is 0 Å². The van der Waals surface area contributed by atoms with Gasteiger partial charge in [-0.15, -0.1) is 0 Å². The van der Waals surface area contributed by atoms with Crippen LogP contribution in [0.15, 0.2) is 6.33 Å². The average molecular weight is 236 g/mol. The Morgan fingerprint density at radius 3 is 2.59 bits per heavy atom. The van der Waals surface area contributed by atoms with E-state index in [1.807, 2.05) is 0 Å². The molecule has 1 fully saturated rings. The summed E-state index contributed by atoms with van der Waals surface area (Å²) < 4.78 is 5.08. The van der Waals surface area contributed by atoms with Gasteiger partial charge < -0.3 is 15.8 Å². The quantitative estimate of drug-likeness (QED) is 0.787. The minimum Gasteiger partial charge on any atom is -0.479 e. The highest BCUT2D eigenvalue weighted by molar-refractivity contribution is 5.66. The third-order valence-corrected chi connectivity index (χ3v) is 3.24. The Morgan fingerprint density at radius 1 is 1.24 bits per heavy atom. The molecular formula is C12H20N4O. The first kappa shape index (κ1) is 12.0. The maximum absolute atomic E-state index is 5.94. The number of rotatable bonds is 3. The Balaban J connectivity index is 2.06. The summed E-state index contributed by atoms with van der Waals surface area (Å²) in [5.74, 6) is 1.14. The Kier molecular flexibility index (Phi) is 4.01. The molecule has 0 aromatic carbocycles. The molecule has 0 spiro atoms. The molecule has 1 aromatic rings. The van der Waals surface area contributed by atoms with Gasteiger partial charge in [-0.05, 0) is 12.8 Å². The van der Waals surface area contributed by atoms with Crippen LogP contribution in [0.1, 0.15) is 38.5 Å². The van der Waals surface area contributed by atoms with Crippen LogP contribution in [0.25, 0.3) is 0 Å². The van der Waals surface area contributed by atoms with Crippen molar-refractivity contribution in [1.82, 2.24) is 9.97 Å². The lowest BCUT2D eigenvalue weighted by Crippen LogP contribution is -2.20. The normalized spacial score (nSPS) is 17.5. The third-order valence-electron chi connectivity index (χ3n) is 3.24. The number of nitrogen functional groups attached to an aromatic ring is 1. The molecule has 1 aliphatic rings. The smallest absolute Gasteiger partial charge is 0.242 e. The summed E-state index contributed by atoms with van der Waals surface area (Å²) >= 11 is 0. The molecule has 1 aliphatic carbocycles. The Bertz CT molecular complexity index is 362.